The Morgan fingerprint density at radius 3 is 2.47 bits per heavy atom. The van der Waals surface area contributed by atoms with Gasteiger partial charge in [0.1, 0.15) is 11.6 Å². The number of carbonyl (C=O) groups excluding carboxylic acids is 2. The van der Waals surface area contributed by atoms with Gasteiger partial charge in [0.2, 0.25) is 5.91 Å². The summed E-state index contributed by atoms with van der Waals surface area (Å²) in [5, 5.41) is 5.06. The van der Waals surface area contributed by atoms with E-state index in [2.05, 4.69) is 10.3 Å². The fraction of sp³-hybridized carbons (Fsp3) is 0.227. The summed E-state index contributed by atoms with van der Waals surface area (Å²) >= 11 is 1.29. The largest absolute Gasteiger partial charge is 0.339 e. The second-order valence-electron chi connectivity index (χ2n) is 7.11. The number of carbonyl (C=O) groups is 2. The number of amides is 2. The first kappa shape index (κ1) is 20.2. The summed E-state index contributed by atoms with van der Waals surface area (Å²) in [4.78, 5) is 31.2. The van der Waals surface area contributed by atoms with E-state index < -0.39 is 0 Å². The predicted molar refractivity (Wildman–Crippen MR) is 111 cm³/mol. The molecule has 0 aliphatic carbocycles. The Bertz CT molecular complexity index is 1060. The van der Waals surface area contributed by atoms with E-state index in [0.29, 0.717) is 47.9 Å². The van der Waals surface area contributed by atoms with Crippen LogP contribution in [-0.4, -0.2) is 34.8 Å². The minimum atomic E-state index is -0.385. The molecule has 8 heteroatoms. The van der Waals surface area contributed by atoms with Crippen LogP contribution in [0.25, 0.3) is 11.3 Å². The molecule has 0 atom stereocenters. The lowest BCUT2D eigenvalue weighted by Crippen LogP contribution is -2.41. The number of anilines is 1. The number of likely N-dealkylation sites (tertiary alicyclic amines) is 1. The second-order valence-corrected chi connectivity index (χ2v) is 7.97. The van der Waals surface area contributed by atoms with Gasteiger partial charge in [0.25, 0.3) is 5.91 Å². The Kier molecular flexibility index (Phi) is 5.85. The molecule has 2 heterocycles. The highest BCUT2D eigenvalue weighted by Crippen LogP contribution is 2.27. The van der Waals surface area contributed by atoms with Gasteiger partial charge >= 0.3 is 0 Å². The molecule has 3 aromatic rings. The molecule has 0 saturated carbocycles. The van der Waals surface area contributed by atoms with Crippen molar-refractivity contribution in [2.45, 2.75) is 12.8 Å². The molecule has 154 valence electrons. The minimum Gasteiger partial charge on any atom is -0.339 e. The molecule has 0 unspecified atom stereocenters. The summed E-state index contributed by atoms with van der Waals surface area (Å²) in [6, 6.07) is 11.6. The van der Waals surface area contributed by atoms with Crippen LogP contribution in [-0.2, 0) is 4.79 Å². The number of hydrogen-bond acceptors (Lipinski definition) is 4. The van der Waals surface area contributed by atoms with Gasteiger partial charge in [-0.25, -0.2) is 13.8 Å². The van der Waals surface area contributed by atoms with Crippen LogP contribution in [0.2, 0.25) is 0 Å². The summed E-state index contributed by atoms with van der Waals surface area (Å²) in [5.74, 6) is -1.24. The average Bonchev–Trinajstić information content (AvgIpc) is 3.22. The molecule has 1 aliphatic rings. The average molecular weight is 427 g/mol. The Hall–Kier alpha value is -3.13. The van der Waals surface area contributed by atoms with E-state index in [1.54, 1.807) is 22.4 Å². The van der Waals surface area contributed by atoms with E-state index in [9.17, 15) is 18.4 Å². The highest BCUT2D eigenvalue weighted by molar-refractivity contribution is 7.14. The standard InChI is InChI=1S/C22H19F2N3O2S/c23-17-6-4-15(5-7-17)21(29)27-10-8-14(9-11-27)20(28)26-22-25-19(13-30-22)16-2-1-3-18(24)12-16/h1-7,12-14H,8-11H2,(H,25,26,28). The summed E-state index contributed by atoms with van der Waals surface area (Å²) < 4.78 is 26.4. The maximum absolute atomic E-state index is 13.4. The number of benzene rings is 2. The first-order chi connectivity index (χ1) is 14.5. The van der Waals surface area contributed by atoms with Crippen molar-refractivity contribution >= 4 is 28.3 Å². The number of aromatic nitrogens is 1. The lowest BCUT2D eigenvalue weighted by atomic mass is 9.95. The molecule has 2 aromatic carbocycles. The fourth-order valence-corrected chi connectivity index (χ4v) is 4.16. The van der Waals surface area contributed by atoms with Crippen LogP contribution in [0.15, 0.2) is 53.9 Å². The van der Waals surface area contributed by atoms with Gasteiger partial charge in [0.15, 0.2) is 5.13 Å². The quantitative estimate of drug-likeness (QED) is 0.663. The van der Waals surface area contributed by atoms with Gasteiger partial charge < -0.3 is 10.2 Å². The highest BCUT2D eigenvalue weighted by atomic mass is 32.1. The Morgan fingerprint density at radius 2 is 1.77 bits per heavy atom. The molecule has 4 rings (SSSR count). The van der Waals surface area contributed by atoms with Gasteiger partial charge in [-0.2, -0.15) is 0 Å². The van der Waals surface area contributed by atoms with Crippen molar-refractivity contribution in [1.29, 1.82) is 0 Å². The van der Waals surface area contributed by atoms with Gasteiger partial charge in [0, 0.05) is 35.5 Å². The maximum Gasteiger partial charge on any atom is 0.253 e. The number of hydrogen-bond donors (Lipinski definition) is 1. The summed E-state index contributed by atoms with van der Waals surface area (Å²) in [5.41, 5.74) is 1.70. The number of nitrogens with one attached hydrogen (secondary N) is 1. The third kappa shape index (κ3) is 4.54. The highest BCUT2D eigenvalue weighted by Gasteiger charge is 2.28. The normalized spacial score (nSPS) is 14.5. The van der Waals surface area contributed by atoms with Crippen molar-refractivity contribution in [3.05, 3.63) is 71.1 Å². The summed E-state index contributed by atoms with van der Waals surface area (Å²) in [7, 11) is 0. The first-order valence-electron chi connectivity index (χ1n) is 9.57. The topological polar surface area (TPSA) is 62.3 Å². The van der Waals surface area contributed by atoms with Gasteiger partial charge in [-0.1, -0.05) is 12.1 Å². The molecule has 1 fully saturated rings. The Balaban J connectivity index is 1.32. The zero-order valence-electron chi connectivity index (χ0n) is 16.0. The predicted octanol–water partition coefficient (Wildman–Crippen LogP) is 4.58. The number of thiazole rings is 1. The molecule has 1 aliphatic heterocycles. The SMILES string of the molecule is O=C(Nc1nc(-c2cccc(F)c2)cs1)C1CCN(C(=O)c2ccc(F)cc2)CC1. The maximum atomic E-state index is 13.4. The van der Waals surface area contributed by atoms with Crippen LogP contribution in [0.1, 0.15) is 23.2 Å². The molecular formula is C22H19F2N3O2S. The summed E-state index contributed by atoms with van der Waals surface area (Å²) in [6.07, 6.45) is 1.09. The van der Waals surface area contributed by atoms with Crippen LogP contribution >= 0.6 is 11.3 Å². The Morgan fingerprint density at radius 1 is 1.03 bits per heavy atom. The van der Waals surface area contributed by atoms with Crippen molar-refractivity contribution in [2.75, 3.05) is 18.4 Å². The lowest BCUT2D eigenvalue weighted by molar-refractivity contribution is -0.121. The van der Waals surface area contributed by atoms with Crippen LogP contribution in [0.5, 0.6) is 0 Å². The molecule has 30 heavy (non-hydrogen) atoms. The van der Waals surface area contributed by atoms with Gasteiger partial charge in [0.05, 0.1) is 5.69 Å². The molecular weight excluding hydrogens is 408 g/mol. The van der Waals surface area contributed by atoms with Crippen molar-refractivity contribution in [2.24, 2.45) is 5.92 Å². The van der Waals surface area contributed by atoms with Crippen LogP contribution < -0.4 is 5.32 Å². The van der Waals surface area contributed by atoms with E-state index in [0.717, 1.165) is 0 Å². The monoisotopic (exact) mass is 427 g/mol. The lowest BCUT2D eigenvalue weighted by Gasteiger charge is -2.31. The van der Waals surface area contributed by atoms with Crippen LogP contribution in [0.3, 0.4) is 0 Å². The van der Waals surface area contributed by atoms with E-state index in [1.165, 1.54) is 47.7 Å². The van der Waals surface area contributed by atoms with E-state index in [-0.39, 0.29) is 29.4 Å². The van der Waals surface area contributed by atoms with Crippen molar-refractivity contribution in [1.82, 2.24) is 9.88 Å². The Labute approximate surface area is 176 Å². The second kappa shape index (κ2) is 8.71. The number of piperidine rings is 1. The van der Waals surface area contributed by atoms with Gasteiger partial charge in [-0.15, -0.1) is 11.3 Å². The first-order valence-corrected chi connectivity index (χ1v) is 10.4. The molecule has 1 aromatic heterocycles. The van der Waals surface area contributed by atoms with Crippen molar-refractivity contribution in [3.63, 3.8) is 0 Å². The molecule has 0 bridgehead atoms. The minimum absolute atomic E-state index is 0.135. The molecule has 1 N–H and O–H groups in total. The third-order valence-corrected chi connectivity index (χ3v) is 5.86. The summed E-state index contributed by atoms with van der Waals surface area (Å²) in [6.45, 7) is 0.918. The van der Waals surface area contributed by atoms with Gasteiger partial charge in [-0.05, 0) is 49.2 Å². The smallest absolute Gasteiger partial charge is 0.253 e. The molecule has 1 saturated heterocycles. The van der Waals surface area contributed by atoms with E-state index in [4.69, 9.17) is 0 Å². The number of halogens is 2. The zero-order chi connectivity index (χ0) is 21.1. The number of nitrogens with zero attached hydrogens (tertiary/aromatic N) is 2. The van der Waals surface area contributed by atoms with Crippen molar-refractivity contribution < 1.29 is 18.4 Å². The van der Waals surface area contributed by atoms with E-state index in [1.807, 2.05) is 0 Å². The van der Waals surface area contributed by atoms with Crippen molar-refractivity contribution in [3.8, 4) is 11.3 Å². The molecule has 5 nitrogen and oxygen atoms in total. The van der Waals surface area contributed by atoms with Crippen LogP contribution in [0, 0.1) is 17.6 Å². The number of rotatable bonds is 4. The van der Waals surface area contributed by atoms with E-state index >= 15 is 0 Å². The fourth-order valence-electron chi connectivity index (χ4n) is 3.44. The van der Waals surface area contributed by atoms with Crippen LogP contribution in [0.4, 0.5) is 13.9 Å². The molecule has 2 amide bonds. The third-order valence-electron chi connectivity index (χ3n) is 5.10. The zero-order valence-corrected chi connectivity index (χ0v) is 16.8. The molecule has 0 radical (unpaired) electrons. The molecule has 0 spiro atoms. The van der Waals surface area contributed by atoms with Gasteiger partial charge in [-0.3, -0.25) is 9.59 Å².